The van der Waals surface area contributed by atoms with Crippen molar-refractivity contribution in [3.63, 3.8) is 0 Å². The lowest BCUT2D eigenvalue weighted by molar-refractivity contribution is 0.218. The van der Waals surface area contributed by atoms with E-state index in [1.807, 2.05) is 24.3 Å². The second kappa shape index (κ2) is 7.46. The van der Waals surface area contributed by atoms with Crippen molar-refractivity contribution in [3.05, 3.63) is 101 Å². The summed E-state index contributed by atoms with van der Waals surface area (Å²) < 4.78 is 32.7. The molecule has 1 aliphatic rings. The Bertz CT molecular complexity index is 1260. The van der Waals surface area contributed by atoms with Crippen LogP contribution in [0.1, 0.15) is 34.1 Å². The van der Waals surface area contributed by atoms with Crippen molar-refractivity contribution in [1.29, 1.82) is 0 Å². The van der Waals surface area contributed by atoms with Gasteiger partial charge in [0.2, 0.25) is 0 Å². The molecule has 1 aliphatic carbocycles. The number of aryl methyl sites for hydroxylation is 2. The third-order valence-corrected chi connectivity index (χ3v) is 5.49. The minimum atomic E-state index is -0.928. The van der Waals surface area contributed by atoms with Crippen molar-refractivity contribution in [2.45, 2.75) is 25.6 Å². The Morgan fingerprint density at radius 2 is 1.73 bits per heavy atom. The average Bonchev–Trinajstić information content (AvgIpc) is 2.90. The lowest BCUT2D eigenvalue weighted by Gasteiger charge is -2.15. The van der Waals surface area contributed by atoms with Crippen molar-refractivity contribution >= 4 is 10.9 Å². The average molecular weight is 404 g/mol. The van der Waals surface area contributed by atoms with Gasteiger partial charge in [-0.3, -0.25) is 4.98 Å². The molecule has 0 saturated carbocycles. The van der Waals surface area contributed by atoms with Crippen molar-refractivity contribution in [2.75, 3.05) is 0 Å². The maximum absolute atomic E-state index is 13.5. The van der Waals surface area contributed by atoms with Gasteiger partial charge in [-0.25, -0.2) is 13.8 Å². The van der Waals surface area contributed by atoms with Gasteiger partial charge in [0.15, 0.2) is 11.6 Å². The van der Waals surface area contributed by atoms with Gasteiger partial charge in [-0.05, 0) is 59.9 Å². The summed E-state index contributed by atoms with van der Waals surface area (Å²) >= 11 is 0. The number of ether oxygens (including phenoxy) is 1. The van der Waals surface area contributed by atoms with Gasteiger partial charge in [-0.2, -0.15) is 0 Å². The van der Waals surface area contributed by atoms with Crippen LogP contribution in [0.5, 0.6) is 5.75 Å². The summed E-state index contributed by atoms with van der Waals surface area (Å²) in [6.07, 6.45) is 4.38. The van der Waals surface area contributed by atoms with Crippen molar-refractivity contribution < 1.29 is 18.6 Å². The van der Waals surface area contributed by atoms with Crippen molar-refractivity contribution in [2.24, 2.45) is 0 Å². The maximum Gasteiger partial charge on any atom is 0.161 e. The molecular formula is C24H18F2N2O2. The highest BCUT2D eigenvalue weighted by Gasteiger charge is 2.22. The normalized spacial score (nSPS) is 15.4. The zero-order valence-electron chi connectivity index (χ0n) is 16.0. The number of hydrogen-bond acceptors (Lipinski definition) is 4. The van der Waals surface area contributed by atoms with Gasteiger partial charge in [0.25, 0.3) is 0 Å². The minimum Gasteiger partial charge on any atom is -0.487 e. The first-order chi connectivity index (χ1) is 14.6. The first kappa shape index (κ1) is 18.6. The topological polar surface area (TPSA) is 55.2 Å². The van der Waals surface area contributed by atoms with Crippen LogP contribution in [0.4, 0.5) is 8.78 Å². The van der Waals surface area contributed by atoms with E-state index in [0.29, 0.717) is 22.3 Å². The van der Waals surface area contributed by atoms with E-state index in [9.17, 15) is 13.9 Å². The van der Waals surface area contributed by atoms with E-state index >= 15 is 0 Å². The minimum absolute atomic E-state index is 0.169. The predicted molar refractivity (Wildman–Crippen MR) is 108 cm³/mol. The number of hydrogen-bond donors (Lipinski definition) is 1. The van der Waals surface area contributed by atoms with Gasteiger partial charge in [-0.15, -0.1) is 0 Å². The van der Waals surface area contributed by atoms with Crippen LogP contribution in [0.25, 0.3) is 10.9 Å². The third kappa shape index (κ3) is 3.39. The fourth-order valence-electron chi connectivity index (χ4n) is 3.89. The van der Waals surface area contributed by atoms with Crippen LogP contribution >= 0.6 is 0 Å². The van der Waals surface area contributed by atoms with Crippen LogP contribution in [0.3, 0.4) is 0 Å². The lowest BCUT2D eigenvalue weighted by atomic mass is 9.98. The Balaban J connectivity index is 1.39. The molecule has 2 aromatic heterocycles. The summed E-state index contributed by atoms with van der Waals surface area (Å²) in [6, 6.07) is 13.3. The van der Waals surface area contributed by atoms with Crippen LogP contribution in [-0.4, -0.2) is 15.1 Å². The summed E-state index contributed by atoms with van der Waals surface area (Å²) in [6.45, 7) is 0.169. The fourth-order valence-corrected chi connectivity index (χ4v) is 3.89. The molecule has 1 N–H and O–H groups in total. The molecule has 150 valence electrons. The molecule has 0 fully saturated rings. The number of aliphatic hydroxyl groups excluding tert-OH is 1. The van der Waals surface area contributed by atoms with E-state index in [-0.39, 0.29) is 6.61 Å². The van der Waals surface area contributed by atoms with Gasteiger partial charge in [0, 0.05) is 29.4 Å². The number of halogens is 2. The second-order valence-corrected chi connectivity index (χ2v) is 7.39. The largest absolute Gasteiger partial charge is 0.487 e. The van der Waals surface area contributed by atoms with E-state index in [1.54, 1.807) is 24.5 Å². The van der Waals surface area contributed by atoms with Crippen LogP contribution in [0.2, 0.25) is 0 Å². The molecule has 1 atom stereocenters. The smallest absolute Gasteiger partial charge is 0.161 e. The number of rotatable bonds is 3. The lowest BCUT2D eigenvalue weighted by Crippen LogP contribution is -2.04. The zero-order valence-corrected chi connectivity index (χ0v) is 16.0. The van der Waals surface area contributed by atoms with E-state index in [0.717, 1.165) is 47.2 Å². The molecule has 1 unspecified atom stereocenters. The standard InChI is InChI=1S/C24H18F2N2O2/c25-21-9-16-3-5-17(28-23(16)11-22(21)26)13-30-18-6-4-14-1-2-15-7-8-27-12-20(15)24(29)19(14)10-18/h3-12,24,29H,1-2,13H2. The Hall–Kier alpha value is -3.38. The fraction of sp³-hybridized carbons (Fsp3) is 0.167. The van der Waals surface area contributed by atoms with E-state index < -0.39 is 17.7 Å². The van der Waals surface area contributed by atoms with Gasteiger partial charge >= 0.3 is 0 Å². The summed E-state index contributed by atoms with van der Waals surface area (Å²) in [4.78, 5) is 8.50. The molecule has 4 aromatic rings. The molecule has 0 bridgehead atoms. The van der Waals surface area contributed by atoms with E-state index in [1.165, 1.54) is 0 Å². The predicted octanol–water partition coefficient (Wildman–Crippen LogP) is 4.67. The molecule has 0 radical (unpaired) electrons. The molecule has 0 amide bonds. The second-order valence-electron chi connectivity index (χ2n) is 7.39. The maximum atomic E-state index is 13.5. The monoisotopic (exact) mass is 404 g/mol. The summed E-state index contributed by atoms with van der Waals surface area (Å²) in [5, 5.41) is 11.4. The Labute approximate surface area is 171 Å². The highest BCUT2D eigenvalue weighted by Crippen LogP contribution is 2.34. The molecule has 0 saturated heterocycles. The Kier molecular flexibility index (Phi) is 4.64. The molecule has 0 aliphatic heterocycles. The Morgan fingerprint density at radius 1 is 0.933 bits per heavy atom. The molecule has 4 nitrogen and oxygen atoms in total. The molecule has 0 spiro atoms. The first-order valence-corrected chi connectivity index (χ1v) is 9.69. The van der Waals surface area contributed by atoms with Gasteiger partial charge in [0.05, 0.1) is 11.2 Å². The molecule has 2 aromatic carbocycles. The molecule has 6 heteroatoms. The summed E-state index contributed by atoms with van der Waals surface area (Å²) in [5.41, 5.74) is 4.77. The van der Waals surface area contributed by atoms with Crippen molar-refractivity contribution in [3.8, 4) is 5.75 Å². The quantitative estimate of drug-likeness (QED) is 0.539. The number of aromatic nitrogens is 2. The van der Waals surface area contributed by atoms with Crippen LogP contribution in [-0.2, 0) is 19.4 Å². The molecular weight excluding hydrogens is 386 g/mol. The van der Waals surface area contributed by atoms with E-state index in [2.05, 4.69) is 9.97 Å². The highest BCUT2D eigenvalue weighted by molar-refractivity contribution is 5.78. The van der Waals surface area contributed by atoms with Gasteiger partial charge in [0.1, 0.15) is 18.5 Å². The Morgan fingerprint density at radius 3 is 2.60 bits per heavy atom. The summed E-state index contributed by atoms with van der Waals surface area (Å²) in [7, 11) is 0. The van der Waals surface area contributed by atoms with Crippen LogP contribution in [0.15, 0.2) is 60.9 Å². The van der Waals surface area contributed by atoms with E-state index in [4.69, 9.17) is 4.74 Å². The van der Waals surface area contributed by atoms with Crippen LogP contribution in [0, 0.1) is 11.6 Å². The summed E-state index contributed by atoms with van der Waals surface area (Å²) in [5.74, 6) is -1.22. The number of pyridine rings is 2. The zero-order chi connectivity index (χ0) is 20.7. The number of aliphatic hydroxyl groups is 1. The SMILES string of the molecule is OC1c2cnccc2CCc2ccc(OCc3ccc4cc(F)c(F)cc4n3)cc21. The molecule has 30 heavy (non-hydrogen) atoms. The van der Waals surface area contributed by atoms with Gasteiger partial charge < -0.3 is 9.84 Å². The van der Waals surface area contributed by atoms with Crippen LogP contribution < -0.4 is 4.74 Å². The molecule has 5 rings (SSSR count). The third-order valence-electron chi connectivity index (χ3n) is 5.49. The number of fused-ring (bicyclic) bond motifs is 3. The molecule has 2 heterocycles. The highest BCUT2D eigenvalue weighted by atomic mass is 19.2. The van der Waals surface area contributed by atoms with Gasteiger partial charge in [-0.1, -0.05) is 12.1 Å². The first-order valence-electron chi connectivity index (χ1n) is 9.69. The number of benzene rings is 2. The van der Waals surface area contributed by atoms with Crippen molar-refractivity contribution in [1.82, 2.24) is 9.97 Å². The number of nitrogens with zero attached hydrogens (tertiary/aromatic N) is 2.